The van der Waals surface area contributed by atoms with Gasteiger partial charge in [-0.05, 0) is 31.2 Å². The maximum absolute atomic E-state index is 12.2. The van der Waals surface area contributed by atoms with Crippen molar-refractivity contribution >= 4 is 28.3 Å². The van der Waals surface area contributed by atoms with Gasteiger partial charge in [0.25, 0.3) is 5.91 Å². The van der Waals surface area contributed by atoms with Gasteiger partial charge in [0.15, 0.2) is 0 Å². The van der Waals surface area contributed by atoms with E-state index in [-0.39, 0.29) is 17.7 Å². The van der Waals surface area contributed by atoms with Gasteiger partial charge in [0, 0.05) is 17.3 Å². The predicted molar refractivity (Wildman–Crippen MR) is 82.5 cm³/mol. The van der Waals surface area contributed by atoms with E-state index < -0.39 is 0 Å². The van der Waals surface area contributed by atoms with Crippen molar-refractivity contribution in [2.75, 3.05) is 5.88 Å². The van der Waals surface area contributed by atoms with Crippen LogP contribution in [0, 0.1) is 0 Å². The van der Waals surface area contributed by atoms with Gasteiger partial charge in [-0.25, -0.2) is 0 Å². The topological polar surface area (TPSA) is 49.3 Å². The van der Waals surface area contributed by atoms with E-state index in [1.54, 1.807) is 12.1 Å². The molecule has 0 spiro atoms. The van der Waals surface area contributed by atoms with E-state index >= 15 is 0 Å². The number of fused-ring (bicyclic) bond motifs is 1. The largest absolute Gasteiger partial charge is 0.506 e. The second-order valence-corrected chi connectivity index (χ2v) is 5.27. The molecule has 1 unspecified atom stereocenters. The van der Waals surface area contributed by atoms with Gasteiger partial charge in [-0.2, -0.15) is 0 Å². The van der Waals surface area contributed by atoms with Gasteiger partial charge in [-0.15, -0.1) is 11.6 Å². The zero-order chi connectivity index (χ0) is 14.5. The minimum Gasteiger partial charge on any atom is -0.506 e. The summed E-state index contributed by atoms with van der Waals surface area (Å²) in [5.74, 6) is 0.363. The fraction of sp³-hybridized carbons (Fsp3) is 0.312. The molecule has 0 aliphatic rings. The molecule has 106 valence electrons. The Kier molecular flexibility index (Phi) is 4.85. The summed E-state index contributed by atoms with van der Waals surface area (Å²) in [5.41, 5.74) is 0.307. The lowest BCUT2D eigenvalue weighted by Crippen LogP contribution is -2.32. The predicted octanol–water partition coefficient (Wildman–Crippen LogP) is 3.68. The highest BCUT2D eigenvalue weighted by Gasteiger charge is 2.15. The molecular weight excluding hydrogens is 274 g/mol. The summed E-state index contributed by atoms with van der Waals surface area (Å²) >= 11 is 5.64. The molecule has 20 heavy (non-hydrogen) atoms. The van der Waals surface area contributed by atoms with Crippen LogP contribution in [0.2, 0.25) is 0 Å². The minimum atomic E-state index is -0.254. The Bertz CT molecular complexity index is 612. The zero-order valence-electron chi connectivity index (χ0n) is 11.4. The number of alkyl halides is 1. The van der Waals surface area contributed by atoms with Gasteiger partial charge in [0.1, 0.15) is 5.75 Å². The fourth-order valence-corrected chi connectivity index (χ4v) is 2.35. The van der Waals surface area contributed by atoms with Crippen LogP contribution in [-0.4, -0.2) is 22.9 Å². The molecule has 1 amide bonds. The monoisotopic (exact) mass is 291 g/mol. The smallest absolute Gasteiger partial charge is 0.255 e. The van der Waals surface area contributed by atoms with E-state index in [4.69, 9.17) is 11.6 Å². The van der Waals surface area contributed by atoms with Crippen molar-refractivity contribution in [1.29, 1.82) is 0 Å². The van der Waals surface area contributed by atoms with Gasteiger partial charge in [-0.3, -0.25) is 4.79 Å². The first-order valence-corrected chi connectivity index (χ1v) is 7.24. The molecule has 2 N–H and O–H groups in total. The van der Waals surface area contributed by atoms with Crippen LogP contribution in [0.3, 0.4) is 0 Å². The summed E-state index contributed by atoms with van der Waals surface area (Å²) in [5, 5.41) is 14.7. The Morgan fingerprint density at radius 3 is 2.80 bits per heavy atom. The molecule has 2 aromatic rings. The van der Waals surface area contributed by atoms with Crippen molar-refractivity contribution in [2.24, 2.45) is 0 Å². The highest BCUT2D eigenvalue weighted by atomic mass is 35.5. The van der Waals surface area contributed by atoms with Crippen molar-refractivity contribution in [3.05, 3.63) is 42.0 Å². The van der Waals surface area contributed by atoms with Gasteiger partial charge in [0.2, 0.25) is 0 Å². The second-order valence-electron chi connectivity index (χ2n) is 4.89. The van der Waals surface area contributed by atoms with Crippen LogP contribution in [0.1, 0.15) is 30.1 Å². The molecule has 0 aliphatic heterocycles. The first-order chi connectivity index (χ1) is 9.63. The van der Waals surface area contributed by atoms with E-state index in [1.165, 1.54) is 0 Å². The van der Waals surface area contributed by atoms with E-state index in [9.17, 15) is 9.90 Å². The molecule has 0 saturated carbocycles. The van der Waals surface area contributed by atoms with Crippen LogP contribution >= 0.6 is 11.6 Å². The number of hydrogen-bond donors (Lipinski definition) is 2. The van der Waals surface area contributed by atoms with Crippen molar-refractivity contribution in [1.82, 2.24) is 5.32 Å². The number of phenols is 1. The maximum Gasteiger partial charge on any atom is 0.255 e. The second kappa shape index (κ2) is 6.62. The number of phenolic OH excluding ortho intramolecular Hbond substituents is 1. The van der Waals surface area contributed by atoms with Crippen LogP contribution in [0.25, 0.3) is 10.8 Å². The van der Waals surface area contributed by atoms with Crippen LogP contribution in [0.5, 0.6) is 5.75 Å². The Morgan fingerprint density at radius 1 is 1.30 bits per heavy atom. The third-order valence-electron chi connectivity index (χ3n) is 3.29. The van der Waals surface area contributed by atoms with Crippen molar-refractivity contribution in [2.45, 2.75) is 25.8 Å². The Hall–Kier alpha value is -1.74. The number of carbonyl (C=O) groups is 1. The molecule has 0 bridgehead atoms. The van der Waals surface area contributed by atoms with E-state index in [1.807, 2.05) is 31.2 Å². The number of rotatable bonds is 5. The third kappa shape index (κ3) is 3.23. The summed E-state index contributed by atoms with van der Waals surface area (Å²) in [6.45, 7) is 1.93. The lowest BCUT2D eigenvalue weighted by molar-refractivity contribution is 0.0936. The van der Waals surface area contributed by atoms with Crippen molar-refractivity contribution < 1.29 is 9.90 Å². The molecule has 3 nitrogen and oxygen atoms in total. The Balaban J connectivity index is 2.20. The van der Waals surface area contributed by atoms with Crippen molar-refractivity contribution in [3.63, 3.8) is 0 Å². The number of aromatic hydroxyl groups is 1. The molecule has 0 saturated heterocycles. The SMILES string of the molecule is CC(CCCCl)NC(=O)c1ccc2ccccc2c1O. The Labute approximate surface area is 123 Å². The molecule has 1 atom stereocenters. The first-order valence-electron chi connectivity index (χ1n) is 6.71. The molecular formula is C16H18ClNO2. The minimum absolute atomic E-state index is 0.0325. The molecule has 0 heterocycles. The highest BCUT2D eigenvalue weighted by molar-refractivity contribution is 6.17. The van der Waals surface area contributed by atoms with E-state index in [0.717, 1.165) is 18.2 Å². The number of benzene rings is 2. The third-order valence-corrected chi connectivity index (χ3v) is 3.56. The molecule has 2 rings (SSSR count). The Morgan fingerprint density at radius 2 is 2.05 bits per heavy atom. The summed E-state index contributed by atoms with van der Waals surface area (Å²) in [6.07, 6.45) is 1.68. The molecule has 2 aromatic carbocycles. The molecule has 0 fully saturated rings. The summed E-state index contributed by atoms with van der Waals surface area (Å²) in [7, 11) is 0. The number of nitrogens with one attached hydrogen (secondary N) is 1. The van der Waals surface area contributed by atoms with Crippen LogP contribution in [0.15, 0.2) is 36.4 Å². The van der Waals surface area contributed by atoms with E-state index in [0.29, 0.717) is 16.8 Å². The zero-order valence-corrected chi connectivity index (χ0v) is 12.2. The maximum atomic E-state index is 12.2. The number of hydrogen-bond acceptors (Lipinski definition) is 2. The summed E-state index contributed by atoms with van der Waals surface area (Å²) in [6, 6.07) is 11.0. The van der Waals surface area contributed by atoms with Crippen LogP contribution in [-0.2, 0) is 0 Å². The summed E-state index contributed by atoms with van der Waals surface area (Å²) < 4.78 is 0. The number of amides is 1. The molecule has 0 radical (unpaired) electrons. The van der Waals surface area contributed by atoms with Gasteiger partial charge in [-0.1, -0.05) is 30.3 Å². The average Bonchev–Trinajstić information content (AvgIpc) is 2.45. The van der Waals surface area contributed by atoms with Crippen LogP contribution in [0.4, 0.5) is 0 Å². The van der Waals surface area contributed by atoms with Crippen molar-refractivity contribution in [3.8, 4) is 5.75 Å². The van der Waals surface area contributed by atoms with E-state index in [2.05, 4.69) is 5.32 Å². The van der Waals surface area contributed by atoms with Gasteiger partial charge in [0.05, 0.1) is 5.56 Å². The molecule has 0 aromatic heterocycles. The number of carbonyl (C=O) groups excluding carboxylic acids is 1. The normalized spacial score (nSPS) is 12.3. The fourth-order valence-electron chi connectivity index (χ4n) is 2.20. The lowest BCUT2D eigenvalue weighted by atomic mass is 10.0. The molecule has 4 heteroatoms. The quantitative estimate of drug-likeness (QED) is 0.826. The highest BCUT2D eigenvalue weighted by Crippen LogP contribution is 2.28. The first kappa shape index (κ1) is 14.7. The van der Waals surface area contributed by atoms with Crippen LogP contribution < -0.4 is 5.32 Å². The molecule has 0 aliphatic carbocycles. The standard InChI is InChI=1S/C16H18ClNO2/c1-11(5-4-10-17)18-16(20)14-9-8-12-6-2-3-7-13(12)15(14)19/h2-3,6-9,11,19H,4-5,10H2,1H3,(H,18,20). The van der Waals surface area contributed by atoms with Gasteiger partial charge >= 0.3 is 0 Å². The number of halogens is 1. The lowest BCUT2D eigenvalue weighted by Gasteiger charge is -2.14. The average molecular weight is 292 g/mol. The van der Waals surface area contributed by atoms with Gasteiger partial charge < -0.3 is 10.4 Å². The summed E-state index contributed by atoms with van der Waals surface area (Å²) in [4.78, 5) is 12.2.